The van der Waals surface area contributed by atoms with Crippen molar-refractivity contribution in [3.05, 3.63) is 12.2 Å². The monoisotopic (exact) mass is 379 g/mol. The summed E-state index contributed by atoms with van der Waals surface area (Å²) in [6, 6.07) is 0.187. The summed E-state index contributed by atoms with van der Waals surface area (Å²) in [5.74, 6) is 0.587. The lowest BCUT2D eigenvalue weighted by molar-refractivity contribution is -0.210. The van der Waals surface area contributed by atoms with Gasteiger partial charge in [-0.2, -0.15) is 0 Å². The maximum atomic E-state index is 11.0. The summed E-state index contributed by atoms with van der Waals surface area (Å²) in [5.41, 5.74) is 7.89. The lowest BCUT2D eigenvalue weighted by Gasteiger charge is -2.63. The second-order valence-corrected chi connectivity index (χ2v) is 10.0. The Balaban J connectivity index is 0.000000481. The Morgan fingerprint density at radius 2 is 1.70 bits per heavy atom. The number of carbonyl (C=O) groups is 1. The van der Waals surface area contributed by atoms with Crippen LogP contribution in [0, 0.1) is 34.5 Å². The van der Waals surface area contributed by atoms with Gasteiger partial charge in [0.1, 0.15) is 0 Å². The van der Waals surface area contributed by atoms with Crippen LogP contribution in [-0.2, 0) is 4.79 Å². The van der Waals surface area contributed by atoms with Gasteiger partial charge in [-0.25, -0.2) is 0 Å². The number of allylic oxidation sites excluding steroid dienone is 1. The highest BCUT2D eigenvalue weighted by Gasteiger charge is 2.63. The van der Waals surface area contributed by atoms with Crippen molar-refractivity contribution in [2.45, 2.75) is 84.0 Å². The van der Waals surface area contributed by atoms with Crippen molar-refractivity contribution in [2.75, 3.05) is 0 Å². The molecule has 0 aromatic heterocycles. The summed E-state index contributed by atoms with van der Waals surface area (Å²) in [5, 5.41) is 29.4. The number of hydrogen-bond donors (Lipinski definition) is 4. The fraction of sp³-hybridized carbons (Fsp3) is 0.864. The normalized spacial score (nSPS) is 51.3. The largest absolute Gasteiger partial charge is 0.481 e. The van der Waals surface area contributed by atoms with Crippen LogP contribution in [0.25, 0.3) is 0 Å². The molecule has 0 spiro atoms. The molecule has 4 aliphatic rings. The van der Waals surface area contributed by atoms with Gasteiger partial charge in [0.2, 0.25) is 0 Å². The van der Waals surface area contributed by atoms with E-state index in [1.807, 2.05) is 0 Å². The minimum Gasteiger partial charge on any atom is -0.481 e. The Kier molecular flexibility index (Phi) is 5.52. The first-order chi connectivity index (χ1) is 12.5. The van der Waals surface area contributed by atoms with E-state index in [1.165, 1.54) is 18.4 Å². The van der Waals surface area contributed by atoms with Crippen molar-refractivity contribution < 1.29 is 20.1 Å². The number of hydrogen-bond acceptors (Lipinski definition) is 4. The summed E-state index contributed by atoms with van der Waals surface area (Å²) >= 11 is 0. The van der Waals surface area contributed by atoms with Gasteiger partial charge in [-0.05, 0) is 79.4 Å². The molecule has 5 heteroatoms. The van der Waals surface area contributed by atoms with Crippen molar-refractivity contribution in [3.8, 4) is 0 Å². The van der Waals surface area contributed by atoms with E-state index < -0.39 is 18.2 Å². The zero-order chi connectivity index (χ0) is 20.1. The van der Waals surface area contributed by atoms with Crippen LogP contribution >= 0.6 is 0 Å². The first-order valence-electron chi connectivity index (χ1n) is 10.5. The van der Waals surface area contributed by atoms with Gasteiger partial charge in [-0.3, -0.25) is 4.79 Å². The van der Waals surface area contributed by atoms with Crippen molar-refractivity contribution in [3.63, 3.8) is 0 Å². The second kappa shape index (κ2) is 7.16. The van der Waals surface area contributed by atoms with Crippen LogP contribution < -0.4 is 5.73 Å². The molecule has 4 rings (SSSR count). The molecule has 0 saturated heterocycles. The van der Waals surface area contributed by atoms with Gasteiger partial charge in [-0.15, -0.1) is 0 Å². The third kappa shape index (κ3) is 3.26. The Labute approximate surface area is 163 Å². The summed E-state index contributed by atoms with van der Waals surface area (Å²) < 4.78 is 0. The molecule has 27 heavy (non-hydrogen) atoms. The van der Waals surface area contributed by atoms with Crippen LogP contribution in [0.4, 0.5) is 0 Å². The molecular weight excluding hydrogens is 342 g/mol. The molecule has 154 valence electrons. The van der Waals surface area contributed by atoms with E-state index >= 15 is 0 Å². The number of fused-ring (bicyclic) bond motifs is 5. The molecule has 5 nitrogen and oxygen atoms in total. The molecule has 0 aliphatic heterocycles. The topological polar surface area (TPSA) is 104 Å². The highest BCUT2D eigenvalue weighted by Crippen LogP contribution is 2.66. The lowest BCUT2D eigenvalue weighted by Crippen LogP contribution is -2.64. The quantitative estimate of drug-likeness (QED) is 0.485. The molecule has 4 fully saturated rings. The maximum absolute atomic E-state index is 11.0. The standard InChI is InChI=1S/C20H33NO2.C2H4O2/c1-11-4-5-13-16-14(7-9-19(11,13)2)20(3)8-6-12(21)10-15(20)17(22)18(16)23;1-2(3)4/h12-18,22-23H,1,4-10,21H2,2-3H3;1H3,(H,3,4)/t12-,13-,14-,15?,16?,17+,18+,19+,20+;/m0./s1. The van der Waals surface area contributed by atoms with Crippen LogP contribution in [0.1, 0.15) is 65.7 Å². The Hall–Kier alpha value is -0.910. The van der Waals surface area contributed by atoms with E-state index in [0.29, 0.717) is 11.8 Å². The molecule has 0 heterocycles. The van der Waals surface area contributed by atoms with E-state index in [9.17, 15) is 10.2 Å². The Bertz CT molecular complexity index is 603. The smallest absolute Gasteiger partial charge is 0.300 e. The molecule has 0 aromatic rings. The van der Waals surface area contributed by atoms with Gasteiger partial charge < -0.3 is 21.1 Å². The van der Waals surface area contributed by atoms with E-state index in [1.54, 1.807) is 0 Å². The van der Waals surface area contributed by atoms with Gasteiger partial charge in [0, 0.05) is 13.0 Å². The van der Waals surface area contributed by atoms with Crippen LogP contribution in [0.5, 0.6) is 0 Å². The molecule has 0 bridgehead atoms. The predicted octanol–water partition coefficient (Wildman–Crippen LogP) is 2.95. The molecule has 0 radical (unpaired) electrons. The van der Waals surface area contributed by atoms with Crippen molar-refractivity contribution >= 4 is 5.97 Å². The summed E-state index contributed by atoms with van der Waals surface area (Å²) in [4.78, 5) is 9.00. The van der Waals surface area contributed by atoms with Gasteiger partial charge >= 0.3 is 0 Å². The second-order valence-electron chi connectivity index (χ2n) is 10.0. The van der Waals surface area contributed by atoms with Crippen molar-refractivity contribution in [1.29, 1.82) is 0 Å². The fourth-order valence-corrected chi connectivity index (χ4v) is 7.20. The van der Waals surface area contributed by atoms with Gasteiger partial charge in [0.15, 0.2) is 0 Å². The number of carboxylic acid groups (broad SMARTS) is 1. The maximum Gasteiger partial charge on any atom is 0.300 e. The lowest BCUT2D eigenvalue weighted by atomic mass is 9.43. The highest BCUT2D eigenvalue weighted by atomic mass is 16.4. The minimum absolute atomic E-state index is 0.143. The molecular formula is C22H37NO4. The zero-order valence-corrected chi connectivity index (χ0v) is 17.0. The van der Waals surface area contributed by atoms with Crippen LogP contribution in [0.15, 0.2) is 12.2 Å². The summed E-state index contributed by atoms with van der Waals surface area (Å²) in [6.45, 7) is 10.2. The van der Waals surface area contributed by atoms with Gasteiger partial charge in [0.25, 0.3) is 5.97 Å². The highest BCUT2D eigenvalue weighted by molar-refractivity contribution is 5.62. The molecule has 2 unspecified atom stereocenters. The number of carboxylic acids is 1. The van der Waals surface area contributed by atoms with Crippen molar-refractivity contribution in [1.82, 2.24) is 0 Å². The molecule has 0 aromatic carbocycles. The van der Waals surface area contributed by atoms with Crippen molar-refractivity contribution in [2.24, 2.45) is 40.2 Å². The summed E-state index contributed by atoms with van der Waals surface area (Å²) in [7, 11) is 0. The van der Waals surface area contributed by atoms with E-state index in [-0.39, 0.29) is 28.7 Å². The first-order valence-corrected chi connectivity index (χ1v) is 10.5. The molecule has 0 amide bonds. The van der Waals surface area contributed by atoms with E-state index in [2.05, 4.69) is 20.4 Å². The van der Waals surface area contributed by atoms with Crippen LogP contribution in [0.2, 0.25) is 0 Å². The molecule has 9 atom stereocenters. The van der Waals surface area contributed by atoms with E-state index in [0.717, 1.165) is 39.0 Å². The third-order valence-electron chi connectivity index (χ3n) is 8.75. The zero-order valence-electron chi connectivity index (χ0n) is 17.0. The van der Waals surface area contributed by atoms with Gasteiger partial charge in [0.05, 0.1) is 12.2 Å². The molecule has 4 aliphatic carbocycles. The Morgan fingerprint density at radius 1 is 1.07 bits per heavy atom. The fourth-order valence-electron chi connectivity index (χ4n) is 7.20. The summed E-state index contributed by atoms with van der Waals surface area (Å²) in [6.07, 6.45) is 6.45. The number of aliphatic hydroxyl groups is 2. The Morgan fingerprint density at radius 3 is 2.33 bits per heavy atom. The number of aliphatic carboxylic acids is 1. The average molecular weight is 380 g/mol. The van der Waals surface area contributed by atoms with Gasteiger partial charge in [-0.1, -0.05) is 26.0 Å². The molecule has 5 N–H and O–H groups in total. The third-order valence-corrected chi connectivity index (χ3v) is 8.75. The number of aliphatic hydroxyl groups excluding tert-OH is 2. The van der Waals surface area contributed by atoms with Crippen LogP contribution in [0.3, 0.4) is 0 Å². The van der Waals surface area contributed by atoms with E-state index in [4.69, 9.17) is 15.6 Å². The number of nitrogens with two attached hydrogens (primary N) is 1. The molecule has 4 saturated carbocycles. The number of rotatable bonds is 0. The first kappa shape index (κ1) is 20.8. The van der Waals surface area contributed by atoms with Crippen LogP contribution in [-0.4, -0.2) is 39.5 Å². The predicted molar refractivity (Wildman–Crippen MR) is 105 cm³/mol. The average Bonchev–Trinajstić information content (AvgIpc) is 2.89. The SMILES string of the molecule is C=C1CC[C@H]2C3[C@@H](O)[C@H](O)C4C[C@@H](N)CC[C@]4(C)[C@H]3CC[C@]12C.CC(=O)O. The minimum atomic E-state index is -0.833.